The zero-order valence-corrected chi connectivity index (χ0v) is 8.18. The van der Waals surface area contributed by atoms with Gasteiger partial charge in [-0.05, 0) is 31.7 Å². The second kappa shape index (κ2) is 6.12. The van der Waals surface area contributed by atoms with Crippen LogP contribution in [0.15, 0.2) is 9.98 Å². The standard InChI is InChI=1S/C8H14ClFN2/c1-4-7(6(2)10)5-12-8(9)11-3/h6-7H,3-5H2,1-2H3/t6-,7-/m1/s1. The van der Waals surface area contributed by atoms with E-state index < -0.39 is 6.17 Å². The molecule has 0 N–H and O–H groups in total. The molecule has 0 radical (unpaired) electrons. The van der Waals surface area contributed by atoms with Crippen molar-refractivity contribution in [2.24, 2.45) is 15.9 Å². The van der Waals surface area contributed by atoms with Crippen molar-refractivity contribution >= 4 is 23.6 Å². The van der Waals surface area contributed by atoms with Crippen LogP contribution >= 0.6 is 11.6 Å². The van der Waals surface area contributed by atoms with Crippen molar-refractivity contribution in [3.05, 3.63) is 0 Å². The van der Waals surface area contributed by atoms with E-state index in [1.165, 1.54) is 6.92 Å². The Kier molecular flexibility index (Phi) is 5.89. The topological polar surface area (TPSA) is 24.7 Å². The number of alkyl halides is 1. The minimum Gasteiger partial charge on any atom is -0.256 e. The summed E-state index contributed by atoms with van der Waals surface area (Å²) in [5.41, 5.74) is 0. The van der Waals surface area contributed by atoms with E-state index in [0.717, 1.165) is 6.42 Å². The van der Waals surface area contributed by atoms with Gasteiger partial charge in [0, 0.05) is 12.5 Å². The summed E-state index contributed by atoms with van der Waals surface area (Å²) in [5.74, 6) is -0.0690. The molecular weight excluding hydrogens is 179 g/mol. The van der Waals surface area contributed by atoms with Gasteiger partial charge >= 0.3 is 0 Å². The molecule has 2 nitrogen and oxygen atoms in total. The maximum absolute atomic E-state index is 12.8. The van der Waals surface area contributed by atoms with Crippen molar-refractivity contribution in [2.75, 3.05) is 6.54 Å². The highest BCUT2D eigenvalue weighted by molar-refractivity contribution is 6.65. The van der Waals surface area contributed by atoms with Gasteiger partial charge < -0.3 is 0 Å². The average molecular weight is 193 g/mol. The van der Waals surface area contributed by atoms with Gasteiger partial charge in [0.1, 0.15) is 6.17 Å². The molecule has 0 bridgehead atoms. The molecule has 2 atom stereocenters. The molecule has 0 aromatic heterocycles. The number of rotatable bonds is 4. The van der Waals surface area contributed by atoms with Gasteiger partial charge in [-0.2, -0.15) is 0 Å². The van der Waals surface area contributed by atoms with Crippen LogP contribution in [0.25, 0.3) is 0 Å². The van der Waals surface area contributed by atoms with Crippen molar-refractivity contribution in [2.45, 2.75) is 26.4 Å². The lowest BCUT2D eigenvalue weighted by atomic mass is 10.0. The minimum absolute atomic E-state index is 0.0690. The van der Waals surface area contributed by atoms with Gasteiger partial charge in [0.2, 0.25) is 5.29 Å². The molecule has 0 unspecified atom stereocenters. The molecule has 0 spiro atoms. The zero-order chi connectivity index (χ0) is 9.56. The van der Waals surface area contributed by atoms with Crippen LogP contribution < -0.4 is 0 Å². The van der Waals surface area contributed by atoms with Gasteiger partial charge in [-0.3, -0.25) is 4.99 Å². The molecule has 4 heteroatoms. The van der Waals surface area contributed by atoms with Crippen LogP contribution in [0.3, 0.4) is 0 Å². The van der Waals surface area contributed by atoms with Gasteiger partial charge in [0.05, 0.1) is 0 Å². The Bertz CT molecular complexity index is 168. The maximum Gasteiger partial charge on any atom is 0.217 e. The number of amidine groups is 1. The summed E-state index contributed by atoms with van der Waals surface area (Å²) in [6, 6.07) is 0. The second-order valence-electron chi connectivity index (χ2n) is 2.61. The zero-order valence-electron chi connectivity index (χ0n) is 7.43. The van der Waals surface area contributed by atoms with Crippen molar-refractivity contribution in [1.29, 1.82) is 0 Å². The van der Waals surface area contributed by atoms with Crippen LogP contribution in [-0.4, -0.2) is 24.7 Å². The van der Waals surface area contributed by atoms with Crippen LogP contribution in [0.4, 0.5) is 4.39 Å². The molecule has 0 aromatic carbocycles. The van der Waals surface area contributed by atoms with Gasteiger partial charge in [0.25, 0.3) is 0 Å². The molecule has 0 saturated heterocycles. The molecule has 12 heavy (non-hydrogen) atoms. The molecule has 0 aromatic rings. The quantitative estimate of drug-likeness (QED) is 0.372. The van der Waals surface area contributed by atoms with Crippen molar-refractivity contribution in [1.82, 2.24) is 0 Å². The summed E-state index contributed by atoms with van der Waals surface area (Å²) in [7, 11) is 0. The average Bonchev–Trinajstić information content (AvgIpc) is 2.04. The molecule has 0 aliphatic rings. The minimum atomic E-state index is -0.854. The third-order valence-electron chi connectivity index (χ3n) is 1.76. The number of halogens is 2. The third kappa shape index (κ3) is 4.44. The molecule has 0 rings (SSSR count). The van der Waals surface area contributed by atoms with Crippen molar-refractivity contribution < 1.29 is 4.39 Å². The van der Waals surface area contributed by atoms with Gasteiger partial charge in [-0.15, -0.1) is 0 Å². The Morgan fingerprint density at radius 1 is 1.67 bits per heavy atom. The fraction of sp³-hybridized carbons (Fsp3) is 0.750. The van der Waals surface area contributed by atoms with Gasteiger partial charge in [-0.1, -0.05) is 6.92 Å². The molecule has 0 aliphatic carbocycles. The van der Waals surface area contributed by atoms with Gasteiger partial charge in [0.15, 0.2) is 0 Å². The Labute approximate surface area is 77.6 Å². The summed E-state index contributed by atoms with van der Waals surface area (Å²) >= 11 is 5.47. The van der Waals surface area contributed by atoms with E-state index in [2.05, 4.69) is 16.7 Å². The Balaban J connectivity index is 3.95. The normalized spacial score (nSPS) is 17.2. The number of hydrogen-bond acceptors (Lipinski definition) is 1. The monoisotopic (exact) mass is 192 g/mol. The van der Waals surface area contributed by atoms with Crippen LogP contribution in [0.1, 0.15) is 20.3 Å². The first kappa shape index (κ1) is 11.6. The third-order valence-corrected chi connectivity index (χ3v) is 2.00. The lowest BCUT2D eigenvalue weighted by Gasteiger charge is -2.12. The predicted octanol–water partition coefficient (Wildman–Crippen LogP) is 2.67. The van der Waals surface area contributed by atoms with Crippen LogP contribution in [0.2, 0.25) is 0 Å². The van der Waals surface area contributed by atoms with Crippen LogP contribution in [0, 0.1) is 5.92 Å². The fourth-order valence-corrected chi connectivity index (χ4v) is 0.911. The summed E-state index contributed by atoms with van der Waals surface area (Å²) in [6.07, 6.45) is -0.101. The highest BCUT2D eigenvalue weighted by Crippen LogP contribution is 2.12. The lowest BCUT2D eigenvalue weighted by Crippen LogP contribution is -2.15. The molecule has 0 amide bonds. The number of hydrogen-bond donors (Lipinski definition) is 0. The molecule has 70 valence electrons. The van der Waals surface area contributed by atoms with E-state index in [9.17, 15) is 4.39 Å². The van der Waals surface area contributed by atoms with Gasteiger partial charge in [-0.25, -0.2) is 9.38 Å². The number of nitrogens with zero attached hydrogens (tertiary/aromatic N) is 2. The molecule has 0 aliphatic heterocycles. The lowest BCUT2D eigenvalue weighted by molar-refractivity contribution is 0.248. The summed E-state index contributed by atoms with van der Waals surface area (Å²) < 4.78 is 12.8. The second-order valence-corrected chi connectivity index (χ2v) is 2.95. The predicted molar refractivity (Wildman–Crippen MR) is 52.1 cm³/mol. The molecular formula is C8H14ClFN2. The Morgan fingerprint density at radius 2 is 2.25 bits per heavy atom. The first-order valence-corrected chi connectivity index (χ1v) is 4.30. The number of aliphatic imine (C=N–C) groups is 2. The summed E-state index contributed by atoms with van der Waals surface area (Å²) in [6.45, 7) is 7.03. The highest BCUT2D eigenvalue weighted by Gasteiger charge is 2.13. The van der Waals surface area contributed by atoms with E-state index >= 15 is 0 Å². The Hall–Kier alpha value is -0.440. The first-order valence-electron chi connectivity index (χ1n) is 3.92. The van der Waals surface area contributed by atoms with E-state index in [1.54, 1.807) is 0 Å². The summed E-state index contributed by atoms with van der Waals surface area (Å²) in [4.78, 5) is 7.25. The van der Waals surface area contributed by atoms with E-state index in [1.807, 2.05) is 6.92 Å². The van der Waals surface area contributed by atoms with Crippen LogP contribution in [0.5, 0.6) is 0 Å². The first-order chi connectivity index (χ1) is 5.61. The van der Waals surface area contributed by atoms with Crippen molar-refractivity contribution in [3.8, 4) is 0 Å². The fourth-order valence-electron chi connectivity index (χ4n) is 0.842. The Morgan fingerprint density at radius 3 is 2.58 bits per heavy atom. The molecule has 0 saturated carbocycles. The van der Waals surface area contributed by atoms with E-state index in [4.69, 9.17) is 11.6 Å². The summed E-state index contributed by atoms with van der Waals surface area (Å²) in [5, 5.41) is 0.106. The maximum atomic E-state index is 12.8. The molecule has 0 fully saturated rings. The largest absolute Gasteiger partial charge is 0.256 e. The smallest absolute Gasteiger partial charge is 0.217 e. The molecule has 0 heterocycles. The van der Waals surface area contributed by atoms with E-state index in [0.29, 0.717) is 6.54 Å². The van der Waals surface area contributed by atoms with Crippen LogP contribution in [-0.2, 0) is 0 Å². The van der Waals surface area contributed by atoms with Crippen molar-refractivity contribution in [3.63, 3.8) is 0 Å². The SMILES string of the molecule is C=NC(Cl)=NC[C@@H](CC)[C@@H](C)F. The van der Waals surface area contributed by atoms with E-state index in [-0.39, 0.29) is 11.2 Å². The highest BCUT2D eigenvalue weighted by atomic mass is 35.5.